The summed E-state index contributed by atoms with van der Waals surface area (Å²) in [6.45, 7) is 1.55. The van der Waals surface area contributed by atoms with E-state index >= 15 is 0 Å². The predicted molar refractivity (Wildman–Crippen MR) is 53.6 cm³/mol. The SMILES string of the molecule is C[C@@H](N)C(=O)NC1CCC(C(F)(F)F)CC1. The molecule has 0 aliphatic heterocycles. The maximum Gasteiger partial charge on any atom is 0.391 e. The van der Waals surface area contributed by atoms with Gasteiger partial charge in [-0.2, -0.15) is 13.2 Å². The molecular weight excluding hydrogens is 221 g/mol. The second-order valence-electron chi connectivity index (χ2n) is 4.39. The zero-order valence-corrected chi connectivity index (χ0v) is 9.18. The van der Waals surface area contributed by atoms with E-state index < -0.39 is 18.1 Å². The van der Waals surface area contributed by atoms with Gasteiger partial charge in [-0.3, -0.25) is 4.79 Å². The second kappa shape index (κ2) is 5.03. The van der Waals surface area contributed by atoms with E-state index in [-0.39, 0.29) is 24.8 Å². The number of nitrogens with one attached hydrogen (secondary N) is 1. The van der Waals surface area contributed by atoms with Crippen molar-refractivity contribution >= 4 is 5.91 Å². The molecule has 1 saturated carbocycles. The van der Waals surface area contributed by atoms with Crippen LogP contribution >= 0.6 is 0 Å². The fraction of sp³-hybridized carbons (Fsp3) is 0.900. The molecule has 1 aliphatic rings. The lowest BCUT2D eigenvalue weighted by Gasteiger charge is -2.30. The molecule has 0 aromatic heterocycles. The third-order valence-electron chi connectivity index (χ3n) is 2.95. The van der Waals surface area contributed by atoms with Crippen LogP contribution < -0.4 is 11.1 Å². The van der Waals surface area contributed by atoms with Gasteiger partial charge in [0.05, 0.1) is 12.0 Å². The summed E-state index contributed by atoms with van der Waals surface area (Å²) in [5, 5.41) is 2.66. The molecule has 6 heteroatoms. The van der Waals surface area contributed by atoms with Gasteiger partial charge >= 0.3 is 6.18 Å². The number of nitrogens with two attached hydrogens (primary N) is 1. The molecule has 1 fully saturated rings. The monoisotopic (exact) mass is 238 g/mol. The van der Waals surface area contributed by atoms with E-state index in [1.165, 1.54) is 0 Å². The molecule has 3 nitrogen and oxygen atoms in total. The van der Waals surface area contributed by atoms with Gasteiger partial charge in [0.15, 0.2) is 0 Å². The van der Waals surface area contributed by atoms with E-state index in [9.17, 15) is 18.0 Å². The molecule has 1 amide bonds. The smallest absolute Gasteiger partial charge is 0.352 e. The molecule has 0 saturated heterocycles. The highest BCUT2D eigenvalue weighted by atomic mass is 19.4. The molecule has 0 heterocycles. The molecule has 16 heavy (non-hydrogen) atoms. The molecule has 94 valence electrons. The van der Waals surface area contributed by atoms with E-state index in [0.29, 0.717) is 12.8 Å². The minimum absolute atomic E-state index is 0.0907. The van der Waals surface area contributed by atoms with Crippen molar-refractivity contribution in [3.8, 4) is 0 Å². The van der Waals surface area contributed by atoms with Gasteiger partial charge in [0.2, 0.25) is 5.91 Å². The van der Waals surface area contributed by atoms with Gasteiger partial charge in [-0.25, -0.2) is 0 Å². The first-order chi connectivity index (χ1) is 7.30. The molecular formula is C10H17F3N2O. The molecule has 1 atom stereocenters. The van der Waals surface area contributed by atoms with Crippen LogP contribution in [-0.2, 0) is 4.79 Å². The van der Waals surface area contributed by atoms with E-state index in [1.807, 2.05) is 0 Å². The number of amides is 1. The van der Waals surface area contributed by atoms with Crippen molar-refractivity contribution in [3.05, 3.63) is 0 Å². The van der Waals surface area contributed by atoms with Crippen molar-refractivity contribution in [2.24, 2.45) is 11.7 Å². The van der Waals surface area contributed by atoms with E-state index in [4.69, 9.17) is 5.73 Å². The van der Waals surface area contributed by atoms with Gasteiger partial charge in [-0.15, -0.1) is 0 Å². The first kappa shape index (κ1) is 13.3. The van der Waals surface area contributed by atoms with Crippen molar-refractivity contribution in [1.82, 2.24) is 5.32 Å². The molecule has 0 bridgehead atoms. The Morgan fingerprint density at radius 1 is 1.31 bits per heavy atom. The summed E-state index contributed by atoms with van der Waals surface area (Å²) in [5.74, 6) is -1.51. The molecule has 0 unspecified atom stereocenters. The highest BCUT2D eigenvalue weighted by molar-refractivity contribution is 5.81. The van der Waals surface area contributed by atoms with Crippen LogP contribution in [0.25, 0.3) is 0 Å². The Balaban J connectivity index is 2.35. The van der Waals surface area contributed by atoms with Crippen molar-refractivity contribution in [2.45, 2.75) is 50.9 Å². The van der Waals surface area contributed by atoms with E-state index in [1.54, 1.807) is 6.92 Å². The molecule has 3 N–H and O–H groups in total. The van der Waals surface area contributed by atoms with Crippen molar-refractivity contribution in [2.75, 3.05) is 0 Å². The lowest BCUT2D eigenvalue weighted by Crippen LogP contribution is -2.46. The number of hydrogen-bond acceptors (Lipinski definition) is 2. The quantitative estimate of drug-likeness (QED) is 0.767. The molecule has 0 aromatic carbocycles. The average Bonchev–Trinajstić information content (AvgIpc) is 2.17. The Morgan fingerprint density at radius 3 is 2.19 bits per heavy atom. The molecule has 0 spiro atoms. The maximum absolute atomic E-state index is 12.4. The van der Waals surface area contributed by atoms with Gasteiger partial charge in [0.1, 0.15) is 0 Å². The summed E-state index contributed by atoms with van der Waals surface area (Å²) in [7, 11) is 0. The standard InChI is InChI=1S/C10H17F3N2O/c1-6(14)9(16)15-8-4-2-7(3-5-8)10(11,12)13/h6-8H,2-5,14H2,1H3,(H,15,16)/t6-,7?,8?/m1/s1. The zero-order chi connectivity index (χ0) is 12.3. The number of rotatable bonds is 2. The largest absolute Gasteiger partial charge is 0.391 e. The number of hydrogen-bond donors (Lipinski definition) is 2. The fourth-order valence-corrected chi connectivity index (χ4v) is 1.90. The van der Waals surface area contributed by atoms with Crippen LogP contribution in [0, 0.1) is 5.92 Å². The van der Waals surface area contributed by atoms with Crippen LogP contribution in [0.1, 0.15) is 32.6 Å². The Hall–Kier alpha value is -0.780. The lowest BCUT2D eigenvalue weighted by atomic mass is 9.85. The fourth-order valence-electron chi connectivity index (χ4n) is 1.90. The van der Waals surface area contributed by atoms with Crippen LogP contribution in [0.3, 0.4) is 0 Å². The summed E-state index contributed by atoms with van der Waals surface area (Å²) in [6.07, 6.45) is -3.16. The zero-order valence-electron chi connectivity index (χ0n) is 9.18. The molecule has 0 aromatic rings. The Bertz CT molecular complexity index is 245. The number of carbonyl (C=O) groups excluding carboxylic acids is 1. The normalized spacial score (nSPS) is 28.6. The Morgan fingerprint density at radius 2 is 1.81 bits per heavy atom. The number of alkyl halides is 3. The number of carbonyl (C=O) groups is 1. The summed E-state index contributed by atoms with van der Waals surface area (Å²) in [6, 6.07) is -0.766. The topological polar surface area (TPSA) is 55.1 Å². The molecule has 1 rings (SSSR count). The van der Waals surface area contributed by atoms with Crippen molar-refractivity contribution in [3.63, 3.8) is 0 Å². The van der Waals surface area contributed by atoms with Gasteiger partial charge in [0, 0.05) is 6.04 Å². The third-order valence-corrected chi connectivity index (χ3v) is 2.95. The highest BCUT2D eigenvalue weighted by Gasteiger charge is 2.41. The summed E-state index contributed by atoms with van der Waals surface area (Å²) < 4.78 is 37.1. The maximum atomic E-state index is 12.4. The minimum atomic E-state index is -4.10. The van der Waals surface area contributed by atoms with Crippen LogP contribution in [0.4, 0.5) is 13.2 Å². The second-order valence-corrected chi connectivity index (χ2v) is 4.39. The van der Waals surface area contributed by atoms with Crippen LogP contribution in [0.2, 0.25) is 0 Å². The van der Waals surface area contributed by atoms with Gasteiger partial charge in [0.25, 0.3) is 0 Å². The molecule has 1 aliphatic carbocycles. The lowest BCUT2D eigenvalue weighted by molar-refractivity contribution is -0.182. The Kier molecular flexibility index (Phi) is 4.18. The predicted octanol–water partition coefficient (Wildman–Crippen LogP) is 1.57. The first-order valence-electron chi connectivity index (χ1n) is 5.43. The van der Waals surface area contributed by atoms with E-state index in [2.05, 4.69) is 5.32 Å². The summed E-state index contributed by atoms with van der Waals surface area (Å²) >= 11 is 0. The average molecular weight is 238 g/mol. The van der Waals surface area contributed by atoms with Crippen molar-refractivity contribution < 1.29 is 18.0 Å². The highest BCUT2D eigenvalue weighted by Crippen LogP contribution is 2.37. The van der Waals surface area contributed by atoms with Crippen LogP contribution in [-0.4, -0.2) is 24.2 Å². The number of halogens is 3. The van der Waals surface area contributed by atoms with E-state index in [0.717, 1.165) is 0 Å². The summed E-state index contributed by atoms with van der Waals surface area (Å²) in [5.41, 5.74) is 5.36. The van der Waals surface area contributed by atoms with Gasteiger partial charge < -0.3 is 11.1 Å². The first-order valence-corrected chi connectivity index (χ1v) is 5.43. The Labute approximate surface area is 92.6 Å². The third kappa shape index (κ3) is 3.66. The minimum Gasteiger partial charge on any atom is -0.352 e. The van der Waals surface area contributed by atoms with Gasteiger partial charge in [-0.05, 0) is 32.6 Å². The van der Waals surface area contributed by atoms with Crippen molar-refractivity contribution in [1.29, 1.82) is 0 Å². The van der Waals surface area contributed by atoms with Crippen LogP contribution in [0.5, 0.6) is 0 Å². The molecule has 0 radical (unpaired) electrons. The van der Waals surface area contributed by atoms with Gasteiger partial charge in [-0.1, -0.05) is 0 Å². The van der Waals surface area contributed by atoms with Crippen LogP contribution in [0.15, 0.2) is 0 Å². The summed E-state index contributed by atoms with van der Waals surface area (Å²) in [4.78, 5) is 11.2.